The molecule has 2 N–H and O–H groups in total. The molecule has 0 radical (unpaired) electrons. The molecule has 96 valence electrons. The monoisotopic (exact) mass is 228 g/mol. The Kier molecular flexibility index (Phi) is 7.39. The van der Waals surface area contributed by atoms with Gasteiger partial charge in [0.05, 0.1) is 6.04 Å². The van der Waals surface area contributed by atoms with Gasteiger partial charge in [-0.1, -0.05) is 27.7 Å². The Morgan fingerprint density at radius 3 is 1.62 bits per heavy atom. The summed E-state index contributed by atoms with van der Waals surface area (Å²) < 4.78 is 0. The Labute approximate surface area is 100 Å². The van der Waals surface area contributed by atoms with E-state index in [-0.39, 0.29) is 11.9 Å². The first-order chi connectivity index (χ1) is 7.34. The van der Waals surface area contributed by atoms with Crippen LogP contribution in [0.5, 0.6) is 0 Å². The van der Waals surface area contributed by atoms with Crippen molar-refractivity contribution in [2.45, 2.75) is 53.5 Å². The van der Waals surface area contributed by atoms with Gasteiger partial charge in [0.1, 0.15) is 0 Å². The van der Waals surface area contributed by atoms with Crippen molar-refractivity contribution in [2.24, 2.45) is 17.6 Å². The van der Waals surface area contributed by atoms with Crippen LogP contribution >= 0.6 is 0 Å². The topological polar surface area (TPSA) is 46.3 Å². The van der Waals surface area contributed by atoms with Gasteiger partial charge in [0.2, 0.25) is 5.91 Å². The van der Waals surface area contributed by atoms with Crippen molar-refractivity contribution in [1.29, 1.82) is 0 Å². The molecule has 1 atom stereocenters. The summed E-state index contributed by atoms with van der Waals surface area (Å²) in [5, 5.41) is 0. The molecule has 0 bridgehead atoms. The van der Waals surface area contributed by atoms with Gasteiger partial charge in [0.15, 0.2) is 0 Å². The Hall–Kier alpha value is -0.570. The summed E-state index contributed by atoms with van der Waals surface area (Å²) in [7, 11) is 0. The maximum Gasteiger partial charge on any atom is 0.239 e. The summed E-state index contributed by atoms with van der Waals surface area (Å²) >= 11 is 0. The van der Waals surface area contributed by atoms with Gasteiger partial charge in [0.25, 0.3) is 0 Å². The molecule has 0 spiro atoms. The predicted octanol–water partition coefficient (Wildman–Crippen LogP) is 2.25. The van der Waals surface area contributed by atoms with Crippen LogP contribution in [0, 0.1) is 11.8 Å². The SMILES string of the molecule is CC(C)CCN(CCC(C)C)C(=O)[C@H](C)N. The second-order valence-electron chi connectivity index (χ2n) is 5.48. The van der Waals surface area contributed by atoms with E-state index in [2.05, 4.69) is 27.7 Å². The third-order valence-corrected chi connectivity index (χ3v) is 2.65. The van der Waals surface area contributed by atoms with Crippen molar-refractivity contribution in [3.8, 4) is 0 Å². The number of nitrogens with zero attached hydrogens (tertiary/aromatic N) is 1. The average Bonchev–Trinajstić information content (AvgIpc) is 2.16. The van der Waals surface area contributed by atoms with Crippen LogP contribution in [0.3, 0.4) is 0 Å². The predicted molar refractivity (Wildman–Crippen MR) is 69.1 cm³/mol. The number of rotatable bonds is 7. The molecule has 0 saturated heterocycles. The Balaban J connectivity index is 4.21. The first-order valence-electron chi connectivity index (χ1n) is 6.39. The molecule has 0 aromatic carbocycles. The maximum absolute atomic E-state index is 11.9. The van der Waals surface area contributed by atoms with Crippen LogP contribution in [-0.2, 0) is 4.79 Å². The van der Waals surface area contributed by atoms with Crippen molar-refractivity contribution in [3.05, 3.63) is 0 Å². The van der Waals surface area contributed by atoms with Crippen LogP contribution in [0.15, 0.2) is 0 Å². The summed E-state index contributed by atoms with van der Waals surface area (Å²) in [6.07, 6.45) is 2.10. The van der Waals surface area contributed by atoms with Crippen molar-refractivity contribution in [1.82, 2.24) is 4.90 Å². The summed E-state index contributed by atoms with van der Waals surface area (Å²) in [4.78, 5) is 13.8. The number of hydrogen-bond acceptors (Lipinski definition) is 2. The zero-order chi connectivity index (χ0) is 12.7. The summed E-state index contributed by atoms with van der Waals surface area (Å²) in [5.41, 5.74) is 5.66. The zero-order valence-corrected chi connectivity index (χ0v) is 11.5. The molecule has 0 aromatic heterocycles. The lowest BCUT2D eigenvalue weighted by Crippen LogP contribution is -2.43. The fourth-order valence-electron chi connectivity index (χ4n) is 1.45. The summed E-state index contributed by atoms with van der Waals surface area (Å²) in [5.74, 6) is 1.34. The average molecular weight is 228 g/mol. The zero-order valence-electron chi connectivity index (χ0n) is 11.5. The number of hydrogen-bond donors (Lipinski definition) is 1. The summed E-state index contributed by atoms with van der Waals surface area (Å²) in [6.45, 7) is 12.2. The van der Waals surface area contributed by atoms with Crippen LogP contribution in [0.25, 0.3) is 0 Å². The highest BCUT2D eigenvalue weighted by atomic mass is 16.2. The van der Waals surface area contributed by atoms with Crippen molar-refractivity contribution < 1.29 is 4.79 Å². The van der Waals surface area contributed by atoms with Gasteiger partial charge in [-0.3, -0.25) is 4.79 Å². The molecule has 0 rings (SSSR count). The van der Waals surface area contributed by atoms with Crippen LogP contribution in [0.1, 0.15) is 47.5 Å². The minimum atomic E-state index is -0.376. The molecular formula is C13H28N2O. The van der Waals surface area contributed by atoms with Gasteiger partial charge in [0, 0.05) is 13.1 Å². The van der Waals surface area contributed by atoms with Crippen molar-refractivity contribution >= 4 is 5.91 Å². The van der Waals surface area contributed by atoms with E-state index in [1.54, 1.807) is 6.92 Å². The third kappa shape index (κ3) is 6.83. The molecule has 0 saturated carbocycles. The largest absolute Gasteiger partial charge is 0.341 e. The number of nitrogens with two attached hydrogens (primary N) is 1. The Morgan fingerprint density at radius 1 is 1.00 bits per heavy atom. The first-order valence-corrected chi connectivity index (χ1v) is 6.39. The van der Waals surface area contributed by atoms with E-state index in [0.29, 0.717) is 11.8 Å². The maximum atomic E-state index is 11.9. The fraction of sp³-hybridized carbons (Fsp3) is 0.923. The quantitative estimate of drug-likeness (QED) is 0.726. The molecule has 1 amide bonds. The molecule has 0 aromatic rings. The molecule has 0 unspecified atom stereocenters. The molecular weight excluding hydrogens is 200 g/mol. The van der Waals surface area contributed by atoms with E-state index in [0.717, 1.165) is 25.9 Å². The van der Waals surface area contributed by atoms with Crippen LogP contribution in [0.2, 0.25) is 0 Å². The second kappa shape index (κ2) is 7.66. The van der Waals surface area contributed by atoms with Gasteiger partial charge in [-0.15, -0.1) is 0 Å². The molecule has 16 heavy (non-hydrogen) atoms. The highest BCUT2D eigenvalue weighted by Crippen LogP contribution is 2.07. The Morgan fingerprint density at radius 2 is 1.38 bits per heavy atom. The van der Waals surface area contributed by atoms with Gasteiger partial charge in [-0.25, -0.2) is 0 Å². The van der Waals surface area contributed by atoms with Gasteiger partial charge in [-0.2, -0.15) is 0 Å². The molecule has 0 fully saturated rings. The van der Waals surface area contributed by atoms with E-state index in [1.807, 2.05) is 4.90 Å². The number of amides is 1. The van der Waals surface area contributed by atoms with E-state index < -0.39 is 0 Å². The normalized spacial score (nSPS) is 13.2. The lowest BCUT2D eigenvalue weighted by atomic mass is 10.1. The highest BCUT2D eigenvalue weighted by Gasteiger charge is 2.17. The second-order valence-corrected chi connectivity index (χ2v) is 5.48. The van der Waals surface area contributed by atoms with Crippen LogP contribution in [-0.4, -0.2) is 29.9 Å². The summed E-state index contributed by atoms with van der Waals surface area (Å²) in [6, 6.07) is -0.376. The lowest BCUT2D eigenvalue weighted by molar-refractivity contribution is -0.132. The van der Waals surface area contributed by atoms with Gasteiger partial charge < -0.3 is 10.6 Å². The van der Waals surface area contributed by atoms with E-state index in [4.69, 9.17) is 5.73 Å². The van der Waals surface area contributed by atoms with E-state index >= 15 is 0 Å². The van der Waals surface area contributed by atoms with Gasteiger partial charge >= 0.3 is 0 Å². The molecule has 0 aliphatic rings. The number of carbonyl (C=O) groups excluding carboxylic acids is 1. The molecule has 3 nitrogen and oxygen atoms in total. The Bertz CT molecular complexity index is 188. The smallest absolute Gasteiger partial charge is 0.239 e. The standard InChI is InChI=1S/C13H28N2O/c1-10(2)6-8-15(9-7-11(3)4)13(16)12(5)14/h10-12H,6-9,14H2,1-5H3/t12-/m0/s1. The fourth-order valence-corrected chi connectivity index (χ4v) is 1.45. The van der Waals surface area contributed by atoms with Crippen molar-refractivity contribution in [2.75, 3.05) is 13.1 Å². The van der Waals surface area contributed by atoms with E-state index in [9.17, 15) is 4.79 Å². The highest BCUT2D eigenvalue weighted by molar-refractivity contribution is 5.81. The van der Waals surface area contributed by atoms with Gasteiger partial charge in [-0.05, 0) is 31.6 Å². The van der Waals surface area contributed by atoms with Crippen LogP contribution in [0.4, 0.5) is 0 Å². The molecule has 0 heterocycles. The number of carbonyl (C=O) groups is 1. The first kappa shape index (κ1) is 15.4. The third-order valence-electron chi connectivity index (χ3n) is 2.65. The van der Waals surface area contributed by atoms with E-state index in [1.165, 1.54) is 0 Å². The lowest BCUT2D eigenvalue weighted by Gasteiger charge is -2.26. The van der Waals surface area contributed by atoms with Crippen LogP contribution < -0.4 is 5.73 Å². The van der Waals surface area contributed by atoms with Crippen molar-refractivity contribution in [3.63, 3.8) is 0 Å². The molecule has 0 aliphatic heterocycles. The molecule has 3 heteroatoms. The molecule has 0 aliphatic carbocycles. The minimum absolute atomic E-state index is 0.0845. The minimum Gasteiger partial charge on any atom is -0.341 e.